The molecule has 0 amide bonds. The summed E-state index contributed by atoms with van der Waals surface area (Å²) >= 11 is 0. The van der Waals surface area contributed by atoms with Crippen LogP contribution in [0.4, 0.5) is 14.5 Å². The third-order valence-electron chi connectivity index (χ3n) is 7.08. The summed E-state index contributed by atoms with van der Waals surface area (Å²) in [5, 5.41) is 6.25. The van der Waals surface area contributed by atoms with Crippen molar-refractivity contribution in [1.82, 2.24) is 24.7 Å². The highest BCUT2D eigenvalue weighted by molar-refractivity contribution is 6.02. The summed E-state index contributed by atoms with van der Waals surface area (Å²) in [5.74, 6) is -1.08. The van der Waals surface area contributed by atoms with Gasteiger partial charge in [-0.1, -0.05) is 18.2 Å². The van der Waals surface area contributed by atoms with Crippen LogP contribution in [0.15, 0.2) is 88.6 Å². The number of hydrogen-bond donors (Lipinski definition) is 2. The fourth-order valence-electron chi connectivity index (χ4n) is 5.21. The average Bonchev–Trinajstić information content (AvgIpc) is 3.57. The molecule has 0 fully saturated rings. The van der Waals surface area contributed by atoms with Gasteiger partial charge in [0.1, 0.15) is 45.7 Å². The summed E-state index contributed by atoms with van der Waals surface area (Å²) in [6, 6.07) is 12.9. The van der Waals surface area contributed by atoms with Gasteiger partial charge in [0, 0.05) is 23.3 Å². The van der Waals surface area contributed by atoms with Gasteiger partial charge in [0.15, 0.2) is 0 Å². The molecule has 0 bridgehead atoms. The molecule has 40 heavy (non-hydrogen) atoms. The van der Waals surface area contributed by atoms with Crippen LogP contribution in [-0.4, -0.2) is 24.7 Å². The molecule has 0 saturated heterocycles. The molecule has 0 aliphatic carbocycles. The SMILES string of the molecule is CC(c1oc2cccc(F)c2c(=O)c1-c1cccc(F)c1)n1nc(-c2cnc3[nH]ccc3c2)c2c(N)cncc21. The summed E-state index contributed by atoms with van der Waals surface area (Å²) in [6.07, 6.45) is 6.67. The minimum atomic E-state index is -0.723. The lowest BCUT2D eigenvalue weighted by Crippen LogP contribution is -2.16. The van der Waals surface area contributed by atoms with Gasteiger partial charge >= 0.3 is 0 Å². The van der Waals surface area contributed by atoms with Crippen molar-refractivity contribution in [2.75, 3.05) is 5.73 Å². The predicted molar refractivity (Wildman–Crippen MR) is 149 cm³/mol. The monoisotopic (exact) mass is 534 g/mol. The average molecular weight is 535 g/mol. The van der Waals surface area contributed by atoms with E-state index in [1.54, 1.807) is 42.5 Å². The van der Waals surface area contributed by atoms with E-state index < -0.39 is 23.1 Å². The van der Waals surface area contributed by atoms with Crippen LogP contribution >= 0.6 is 0 Å². The van der Waals surface area contributed by atoms with Crippen LogP contribution in [0.1, 0.15) is 18.7 Å². The Morgan fingerprint density at radius 3 is 2.70 bits per heavy atom. The third kappa shape index (κ3) is 3.57. The zero-order valence-corrected chi connectivity index (χ0v) is 21.0. The van der Waals surface area contributed by atoms with Crippen molar-refractivity contribution in [3.8, 4) is 22.4 Å². The van der Waals surface area contributed by atoms with Gasteiger partial charge in [0.05, 0.1) is 34.5 Å². The van der Waals surface area contributed by atoms with Gasteiger partial charge < -0.3 is 15.1 Å². The largest absolute Gasteiger partial charge is 0.458 e. The van der Waals surface area contributed by atoms with E-state index in [0.29, 0.717) is 22.3 Å². The Hall–Kier alpha value is -5.38. The summed E-state index contributed by atoms with van der Waals surface area (Å²) in [4.78, 5) is 25.6. The first-order chi connectivity index (χ1) is 19.4. The molecule has 1 atom stereocenters. The summed E-state index contributed by atoms with van der Waals surface area (Å²) < 4.78 is 37.0. The number of aromatic nitrogens is 5. The Bertz CT molecular complexity index is 2160. The summed E-state index contributed by atoms with van der Waals surface area (Å²) in [7, 11) is 0. The van der Waals surface area contributed by atoms with Crippen molar-refractivity contribution in [2.45, 2.75) is 13.0 Å². The minimum absolute atomic E-state index is 0.0436. The van der Waals surface area contributed by atoms with Gasteiger partial charge in [-0.3, -0.25) is 14.5 Å². The number of hydrogen-bond acceptors (Lipinski definition) is 6. The molecule has 3 N–H and O–H groups in total. The molecule has 8 nitrogen and oxygen atoms in total. The number of fused-ring (bicyclic) bond motifs is 3. The fraction of sp³-hybridized carbons (Fsp3) is 0.0667. The molecule has 0 aliphatic heterocycles. The number of benzene rings is 2. The Morgan fingerprint density at radius 1 is 1.00 bits per heavy atom. The van der Waals surface area contributed by atoms with E-state index in [4.69, 9.17) is 15.2 Å². The van der Waals surface area contributed by atoms with Crippen molar-refractivity contribution >= 4 is 38.6 Å². The molecule has 5 heterocycles. The molecule has 5 aromatic heterocycles. The van der Waals surface area contributed by atoms with E-state index in [1.165, 1.54) is 36.4 Å². The van der Waals surface area contributed by atoms with Crippen molar-refractivity contribution in [3.63, 3.8) is 0 Å². The van der Waals surface area contributed by atoms with Gasteiger partial charge in [0.25, 0.3) is 0 Å². The molecular weight excluding hydrogens is 514 g/mol. The van der Waals surface area contributed by atoms with Crippen LogP contribution < -0.4 is 11.2 Å². The molecule has 10 heteroatoms. The van der Waals surface area contributed by atoms with E-state index in [-0.39, 0.29) is 27.9 Å². The summed E-state index contributed by atoms with van der Waals surface area (Å²) in [6.45, 7) is 1.79. The van der Waals surface area contributed by atoms with Gasteiger partial charge in [-0.25, -0.2) is 13.8 Å². The molecule has 0 saturated carbocycles. The molecule has 7 aromatic rings. The number of H-pyrrole nitrogens is 1. The fourth-order valence-corrected chi connectivity index (χ4v) is 5.21. The van der Waals surface area contributed by atoms with E-state index in [0.717, 1.165) is 16.6 Å². The number of rotatable bonds is 4. The zero-order valence-electron chi connectivity index (χ0n) is 21.0. The second kappa shape index (κ2) is 8.84. The molecule has 196 valence electrons. The van der Waals surface area contributed by atoms with Crippen molar-refractivity contribution in [3.05, 3.63) is 107 Å². The third-order valence-corrected chi connectivity index (χ3v) is 7.08. The lowest BCUT2D eigenvalue weighted by Gasteiger charge is -2.18. The Morgan fingerprint density at radius 2 is 1.85 bits per heavy atom. The highest BCUT2D eigenvalue weighted by Crippen LogP contribution is 2.37. The highest BCUT2D eigenvalue weighted by atomic mass is 19.1. The molecular formula is C30H20F2N6O2. The zero-order chi connectivity index (χ0) is 27.5. The van der Waals surface area contributed by atoms with Crippen molar-refractivity contribution in [2.24, 2.45) is 0 Å². The Balaban J connectivity index is 1.51. The maximum absolute atomic E-state index is 14.8. The molecule has 0 radical (unpaired) electrons. The lowest BCUT2D eigenvalue weighted by molar-refractivity contribution is 0.446. The number of pyridine rings is 2. The lowest BCUT2D eigenvalue weighted by atomic mass is 9.99. The van der Waals surface area contributed by atoms with Gasteiger partial charge in [-0.2, -0.15) is 5.10 Å². The number of nitrogen functional groups attached to an aromatic ring is 1. The smallest absolute Gasteiger partial charge is 0.203 e. The molecule has 0 aliphatic rings. The first-order valence-corrected chi connectivity index (χ1v) is 12.5. The predicted octanol–water partition coefficient (Wildman–Crippen LogP) is 6.22. The quantitative estimate of drug-likeness (QED) is 0.277. The number of nitrogens with zero attached hydrogens (tertiary/aromatic N) is 4. The van der Waals surface area contributed by atoms with Crippen LogP contribution in [0.25, 0.3) is 55.3 Å². The first-order valence-electron chi connectivity index (χ1n) is 12.5. The van der Waals surface area contributed by atoms with Gasteiger partial charge in [0.2, 0.25) is 5.43 Å². The van der Waals surface area contributed by atoms with E-state index in [9.17, 15) is 13.6 Å². The second-order valence-electron chi connectivity index (χ2n) is 9.53. The minimum Gasteiger partial charge on any atom is -0.458 e. The maximum Gasteiger partial charge on any atom is 0.203 e. The van der Waals surface area contributed by atoms with Crippen LogP contribution in [-0.2, 0) is 0 Å². The number of nitrogens with two attached hydrogens (primary N) is 1. The standard InChI is InChI=1S/C30H20F2N6O2/c1-15(29-24(16-4-2-5-19(31)11-16)28(39)25-20(32)6-3-7-23(25)40-29)38-22-14-34-13-21(33)26(22)27(37-38)18-10-17-8-9-35-30(17)36-12-18/h2-15H,33H2,1H3,(H,35,36). The highest BCUT2D eigenvalue weighted by Gasteiger charge is 2.27. The van der Waals surface area contributed by atoms with E-state index in [2.05, 4.69) is 15.0 Å². The van der Waals surface area contributed by atoms with Crippen molar-refractivity contribution in [1.29, 1.82) is 0 Å². The Kier molecular flexibility index (Phi) is 5.24. The topological polar surface area (TPSA) is 116 Å². The van der Waals surface area contributed by atoms with Crippen LogP contribution in [0.5, 0.6) is 0 Å². The molecule has 0 spiro atoms. The van der Waals surface area contributed by atoms with Crippen LogP contribution in [0.2, 0.25) is 0 Å². The molecule has 1 unspecified atom stereocenters. The summed E-state index contributed by atoms with van der Waals surface area (Å²) in [5.41, 5.74) is 9.19. The Labute approximate surface area is 224 Å². The number of halogens is 2. The first kappa shape index (κ1) is 23.7. The van der Waals surface area contributed by atoms with Gasteiger partial charge in [-0.15, -0.1) is 0 Å². The van der Waals surface area contributed by atoms with Crippen LogP contribution in [0, 0.1) is 11.6 Å². The van der Waals surface area contributed by atoms with E-state index >= 15 is 0 Å². The number of anilines is 1. The van der Waals surface area contributed by atoms with Crippen LogP contribution in [0.3, 0.4) is 0 Å². The molecule has 2 aromatic carbocycles. The maximum atomic E-state index is 14.8. The van der Waals surface area contributed by atoms with Gasteiger partial charge in [-0.05, 0) is 48.9 Å². The van der Waals surface area contributed by atoms with Crippen molar-refractivity contribution < 1.29 is 13.2 Å². The van der Waals surface area contributed by atoms with E-state index in [1.807, 2.05) is 12.1 Å². The number of aromatic amines is 1. The molecule has 7 rings (SSSR count). The second-order valence-corrected chi connectivity index (χ2v) is 9.53. The normalized spacial score (nSPS) is 12.5. The number of nitrogens with one attached hydrogen (secondary N) is 1.